The Morgan fingerprint density at radius 2 is 1.77 bits per heavy atom. The van der Waals surface area contributed by atoms with Gasteiger partial charge in [-0.3, -0.25) is 9.79 Å². The maximum absolute atomic E-state index is 11.8. The van der Waals surface area contributed by atoms with Gasteiger partial charge in [0.2, 0.25) is 0 Å². The van der Waals surface area contributed by atoms with E-state index in [2.05, 4.69) is 63.5 Å². The summed E-state index contributed by atoms with van der Waals surface area (Å²) in [6.45, 7) is 9.01. The van der Waals surface area contributed by atoms with E-state index in [1.807, 2.05) is 25.2 Å². The van der Waals surface area contributed by atoms with Gasteiger partial charge in [-0.2, -0.15) is 0 Å². The molecule has 1 fully saturated rings. The molecular weight excluding hydrogens is 501 g/mol. The summed E-state index contributed by atoms with van der Waals surface area (Å²) >= 11 is 0. The maximum Gasteiger partial charge on any atom is 0.251 e. The molecule has 0 aliphatic carbocycles. The first kappa shape index (κ1) is 25.0. The minimum Gasteiger partial charge on any atom is -0.368 e. The number of carbonyl (C=O) groups is 1. The fourth-order valence-electron chi connectivity index (χ4n) is 3.90. The Morgan fingerprint density at radius 1 is 1.06 bits per heavy atom. The predicted molar refractivity (Wildman–Crippen MR) is 140 cm³/mol. The smallest absolute Gasteiger partial charge is 0.251 e. The molecule has 1 aliphatic rings. The van der Waals surface area contributed by atoms with E-state index in [4.69, 9.17) is 0 Å². The van der Waals surface area contributed by atoms with Crippen LogP contribution < -0.4 is 15.5 Å². The minimum atomic E-state index is -0.0534. The van der Waals surface area contributed by atoms with Crippen LogP contribution in [0.5, 0.6) is 0 Å². The molecule has 6 nitrogen and oxygen atoms in total. The number of hydrogen-bond donors (Lipinski definition) is 2. The van der Waals surface area contributed by atoms with Gasteiger partial charge >= 0.3 is 0 Å². The summed E-state index contributed by atoms with van der Waals surface area (Å²) in [5.41, 5.74) is 5.88. The van der Waals surface area contributed by atoms with Crippen LogP contribution in [0.4, 0.5) is 5.69 Å². The third-order valence-electron chi connectivity index (χ3n) is 5.82. The monoisotopic (exact) mass is 535 g/mol. The Labute approximate surface area is 203 Å². The molecule has 0 bridgehead atoms. The lowest BCUT2D eigenvalue weighted by atomic mass is 10.1. The Hall–Kier alpha value is -2.29. The second-order valence-electron chi connectivity index (χ2n) is 7.70. The lowest BCUT2D eigenvalue weighted by Gasteiger charge is -2.38. The van der Waals surface area contributed by atoms with E-state index in [1.165, 1.54) is 16.8 Å². The van der Waals surface area contributed by atoms with Crippen molar-refractivity contribution in [3.63, 3.8) is 0 Å². The molecule has 2 aromatic carbocycles. The number of piperazine rings is 1. The number of aryl methyl sites for hydroxylation is 1. The third-order valence-corrected chi connectivity index (χ3v) is 5.82. The fourth-order valence-corrected chi connectivity index (χ4v) is 3.90. The van der Waals surface area contributed by atoms with Crippen LogP contribution in [0.25, 0.3) is 0 Å². The van der Waals surface area contributed by atoms with Crippen molar-refractivity contribution in [2.75, 3.05) is 51.7 Å². The van der Waals surface area contributed by atoms with Gasteiger partial charge < -0.3 is 20.4 Å². The number of benzene rings is 2. The van der Waals surface area contributed by atoms with E-state index in [9.17, 15) is 4.79 Å². The minimum absolute atomic E-state index is 0. The van der Waals surface area contributed by atoms with Crippen LogP contribution >= 0.6 is 24.0 Å². The second kappa shape index (κ2) is 11.9. The average molecular weight is 535 g/mol. The lowest BCUT2D eigenvalue weighted by Crippen LogP contribution is -2.53. The van der Waals surface area contributed by atoms with Crippen LogP contribution in [0.15, 0.2) is 47.5 Å². The second-order valence-corrected chi connectivity index (χ2v) is 7.70. The van der Waals surface area contributed by atoms with Crippen molar-refractivity contribution < 1.29 is 4.79 Å². The molecule has 0 saturated carbocycles. The van der Waals surface area contributed by atoms with Gasteiger partial charge in [0.1, 0.15) is 0 Å². The van der Waals surface area contributed by atoms with E-state index < -0.39 is 0 Å². The zero-order chi connectivity index (χ0) is 21.5. The summed E-state index contributed by atoms with van der Waals surface area (Å²) in [6.07, 6.45) is 0.840. The first-order chi connectivity index (χ1) is 14.5. The maximum atomic E-state index is 11.8. The van der Waals surface area contributed by atoms with Crippen molar-refractivity contribution >= 4 is 41.5 Å². The van der Waals surface area contributed by atoms with Crippen molar-refractivity contribution in [2.45, 2.75) is 20.3 Å². The molecule has 1 amide bonds. The highest BCUT2D eigenvalue weighted by molar-refractivity contribution is 14.0. The molecule has 2 aromatic rings. The summed E-state index contributed by atoms with van der Waals surface area (Å²) < 4.78 is 0. The molecular formula is C24H34IN5O. The van der Waals surface area contributed by atoms with Crippen molar-refractivity contribution in [3.8, 4) is 0 Å². The summed E-state index contributed by atoms with van der Waals surface area (Å²) in [5.74, 6) is 0.889. The van der Waals surface area contributed by atoms with Gasteiger partial charge in [-0.05, 0) is 55.2 Å². The highest BCUT2D eigenvalue weighted by Crippen LogP contribution is 2.23. The Bertz CT molecular complexity index is 907. The normalized spacial score (nSPS) is 14.1. The van der Waals surface area contributed by atoms with Gasteiger partial charge in [-0.25, -0.2) is 0 Å². The van der Waals surface area contributed by atoms with Crippen molar-refractivity contribution in [2.24, 2.45) is 4.99 Å². The number of nitrogens with zero attached hydrogens (tertiary/aromatic N) is 3. The van der Waals surface area contributed by atoms with Crippen molar-refractivity contribution in [1.82, 2.24) is 15.5 Å². The van der Waals surface area contributed by atoms with Gasteiger partial charge in [-0.15, -0.1) is 24.0 Å². The number of halogens is 1. The predicted octanol–water partition coefficient (Wildman–Crippen LogP) is 3.22. The molecule has 0 aromatic heterocycles. The van der Waals surface area contributed by atoms with Crippen LogP contribution in [0.2, 0.25) is 0 Å². The topological polar surface area (TPSA) is 60.0 Å². The molecule has 0 spiro atoms. The SMILES string of the molecule is CN=C(NCCc1cccc(C(=O)NC)c1)N1CCN(c2cccc(C)c2C)CC1.I. The van der Waals surface area contributed by atoms with Crippen LogP contribution in [-0.2, 0) is 6.42 Å². The Balaban J connectivity index is 0.00000341. The number of guanidine groups is 1. The van der Waals surface area contributed by atoms with E-state index in [0.717, 1.165) is 50.7 Å². The van der Waals surface area contributed by atoms with Crippen LogP contribution in [0, 0.1) is 13.8 Å². The summed E-state index contributed by atoms with van der Waals surface area (Å²) in [5, 5.41) is 6.15. The van der Waals surface area contributed by atoms with Crippen LogP contribution in [0.3, 0.4) is 0 Å². The number of hydrogen-bond acceptors (Lipinski definition) is 3. The number of amides is 1. The molecule has 168 valence electrons. The molecule has 0 radical (unpaired) electrons. The number of carbonyl (C=O) groups excluding carboxylic acids is 1. The standard InChI is InChI=1S/C24H33N5O.HI/c1-18-7-5-10-22(19(18)2)28-13-15-29(16-14-28)24(26-4)27-12-11-20-8-6-9-21(17-20)23(30)25-3;/h5-10,17H,11-16H2,1-4H3,(H,25,30)(H,26,27);1H. The Kier molecular flexibility index (Phi) is 9.61. The zero-order valence-corrected chi connectivity index (χ0v) is 21.3. The van der Waals surface area contributed by atoms with E-state index in [-0.39, 0.29) is 29.9 Å². The molecule has 0 atom stereocenters. The van der Waals surface area contributed by atoms with Gasteiger partial charge in [0, 0.05) is 58.1 Å². The molecule has 1 heterocycles. The van der Waals surface area contributed by atoms with E-state index >= 15 is 0 Å². The number of rotatable bonds is 5. The molecule has 0 unspecified atom stereocenters. The molecule has 31 heavy (non-hydrogen) atoms. The summed E-state index contributed by atoms with van der Waals surface area (Å²) in [7, 11) is 3.49. The molecule has 2 N–H and O–H groups in total. The van der Waals surface area contributed by atoms with Gasteiger partial charge in [-0.1, -0.05) is 24.3 Å². The number of nitrogens with one attached hydrogen (secondary N) is 2. The highest BCUT2D eigenvalue weighted by Gasteiger charge is 2.21. The first-order valence-electron chi connectivity index (χ1n) is 10.6. The molecule has 7 heteroatoms. The third kappa shape index (κ3) is 6.35. The highest BCUT2D eigenvalue weighted by atomic mass is 127. The van der Waals surface area contributed by atoms with Gasteiger partial charge in [0.15, 0.2) is 5.96 Å². The van der Waals surface area contributed by atoms with Crippen LogP contribution in [-0.4, -0.2) is 63.6 Å². The van der Waals surface area contributed by atoms with E-state index in [1.54, 1.807) is 7.05 Å². The van der Waals surface area contributed by atoms with Gasteiger partial charge in [0.25, 0.3) is 5.91 Å². The lowest BCUT2D eigenvalue weighted by molar-refractivity contribution is 0.0963. The molecule has 1 aliphatic heterocycles. The summed E-state index contributed by atoms with van der Waals surface area (Å²) in [4.78, 5) is 21.1. The molecule has 3 rings (SSSR count). The van der Waals surface area contributed by atoms with E-state index in [0.29, 0.717) is 5.56 Å². The number of aliphatic imine (C=N–C) groups is 1. The quantitative estimate of drug-likeness (QED) is 0.351. The van der Waals surface area contributed by atoms with Gasteiger partial charge in [0.05, 0.1) is 0 Å². The number of anilines is 1. The summed E-state index contributed by atoms with van der Waals surface area (Å²) in [6, 6.07) is 14.3. The Morgan fingerprint density at radius 3 is 2.45 bits per heavy atom. The zero-order valence-electron chi connectivity index (χ0n) is 18.9. The fraction of sp³-hybridized carbons (Fsp3) is 0.417. The first-order valence-corrected chi connectivity index (χ1v) is 10.6. The van der Waals surface area contributed by atoms with Crippen molar-refractivity contribution in [3.05, 3.63) is 64.7 Å². The largest absolute Gasteiger partial charge is 0.368 e. The average Bonchev–Trinajstić information content (AvgIpc) is 2.78. The van der Waals surface area contributed by atoms with Crippen molar-refractivity contribution in [1.29, 1.82) is 0 Å². The molecule has 1 saturated heterocycles. The van der Waals surface area contributed by atoms with Crippen LogP contribution in [0.1, 0.15) is 27.0 Å².